The van der Waals surface area contributed by atoms with Gasteiger partial charge < -0.3 is 4.74 Å². The summed E-state index contributed by atoms with van der Waals surface area (Å²) in [6, 6.07) is 6.97. The molecule has 0 aliphatic heterocycles. The van der Waals surface area contributed by atoms with Gasteiger partial charge in [-0.3, -0.25) is 4.79 Å². The van der Waals surface area contributed by atoms with E-state index in [2.05, 4.69) is 4.98 Å². The molecule has 0 aliphatic carbocycles. The number of hydrogen-bond donors (Lipinski definition) is 0. The largest absolute Gasteiger partial charge is 0.457 e. The molecule has 0 amide bonds. The Morgan fingerprint density at radius 3 is 2.88 bits per heavy atom. The normalized spacial score (nSPS) is 12.1. The van der Waals surface area contributed by atoms with E-state index in [-0.39, 0.29) is 12.0 Å². The van der Waals surface area contributed by atoms with E-state index in [9.17, 15) is 13.6 Å². The van der Waals surface area contributed by atoms with Crippen molar-refractivity contribution in [1.29, 1.82) is 0 Å². The van der Waals surface area contributed by atoms with Crippen molar-refractivity contribution in [1.82, 2.24) is 4.98 Å². The molecule has 0 spiro atoms. The Morgan fingerprint density at radius 2 is 2.12 bits per heavy atom. The summed E-state index contributed by atoms with van der Waals surface area (Å²) in [5.74, 6) is -1.71. The van der Waals surface area contributed by atoms with Gasteiger partial charge in [0.1, 0.15) is 22.7 Å². The summed E-state index contributed by atoms with van der Waals surface area (Å²) in [6.45, 7) is 1.51. The molecular weight excluding hydrogens is 352 g/mol. The number of aromatic nitrogens is 1. The second-order valence-electron chi connectivity index (χ2n) is 5.10. The highest BCUT2D eigenvalue weighted by Crippen LogP contribution is 2.28. The second kappa shape index (κ2) is 7.19. The van der Waals surface area contributed by atoms with E-state index in [0.717, 1.165) is 28.1 Å². The monoisotopic (exact) mass is 365 g/mol. The molecule has 0 radical (unpaired) electrons. The Labute approximate surface area is 145 Å². The molecule has 0 saturated carbocycles. The van der Waals surface area contributed by atoms with Crippen molar-refractivity contribution in [2.75, 3.05) is 0 Å². The van der Waals surface area contributed by atoms with Crippen LogP contribution >= 0.6 is 22.7 Å². The van der Waals surface area contributed by atoms with Crippen LogP contribution in [0.4, 0.5) is 8.78 Å². The second-order valence-corrected chi connectivity index (χ2v) is 6.90. The quantitative estimate of drug-likeness (QED) is 0.598. The molecule has 24 heavy (non-hydrogen) atoms. The highest BCUT2D eigenvalue weighted by Gasteiger charge is 2.18. The first-order valence-corrected chi connectivity index (χ1v) is 8.91. The lowest BCUT2D eigenvalue weighted by molar-refractivity contribution is -0.147. The predicted octanol–water partition coefficient (Wildman–Crippen LogP) is 5.00. The summed E-state index contributed by atoms with van der Waals surface area (Å²) in [4.78, 5) is 17.5. The Hall–Kier alpha value is -2.12. The number of thiophene rings is 1. The van der Waals surface area contributed by atoms with Crippen molar-refractivity contribution in [2.24, 2.45) is 0 Å². The highest BCUT2D eigenvalue weighted by atomic mass is 32.1. The lowest BCUT2D eigenvalue weighted by Gasteiger charge is -2.14. The molecular formula is C17H13F2NO2S2. The number of benzene rings is 1. The van der Waals surface area contributed by atoms with E-state index in [1.807, 2.05) is 17.5 Å². The first kappa shape index (κ1) is 16.7. The Morgan fingerprint density at radius 1 is 1.29 bits per heavy atom. The number of thiazole rings is 1. The standard InChI is InChI=1S/C17H13F2NO2S2/c1-10(13-7-11(18)4-5-14(13)19)22-16(21)8-12-9-24-17(20-12)15-3-2-6-23-15/h2-7,9-10H,8H2,1H3. The van der Waals surface area contributed by atoms with E-state index in [1.165, 1.54) is 18.3 Å². The van der Waals surface area contributed by atoms with Crippen LogP contribution in [0.3, 0.4) is 0 Å². The number of nitrogens with zero attached hydrogens (tertiary/aromatic N) is 1. The third-order valence-corrected chi connectivity index (χ3v) is 5.24. The van der Waals surface area contributed by atoms with Gasteiger partial charge in [0.2, 0.25) is 0 Å². The molecule has 1 aromatic carbocycles. The fourth-order valence-corrected chi connectivity index (χ4v) is 3.81. The van der Waals surface area contributed by atoms with Crippen LogP contribution in [0.1, 0.15) is 24.3 Å². The van der Waals surface area contributed by atoms with Gasteiger partial charge in [0.15, 0.2) is 0 Å². The summed E-state index contributed by atoms with van der Waals surface area (Å²) < 4.78 is 32.1. The topological polar surface area (TPSA) is 39.2 Å². The maximum absolute atomic E-state index is 13.7. The van der Waals surface area contributed by atoms with Gasteiger partial charge in [-0.25, -0.2) is 13.8 Å². The van der Waals surface area contributed by atoms with Crippen LogP contribution in [0.25, 0.3) is 9.88 Å². The molecule has 0 aliphatic rings. The zero-order valence-corrected chi connectivity index (χ0v) is 14.3. The van der Waals surface area contributed by atoms with Crippen LogP contribution in [0, 0.1) is 11.6 Å². The molecule has 0 saturated heterocycles. The molecule has 0 N–H and O–H groups in total. The zero-order valence-electron chi connectivity index (χ0n) is 12.7. The lowest BCUT2D eigenvalue weighted by Crippen LogP contribution is -2.12. The molecule has 124 valence electrons. The SMILES string of the molecule is CC(OC(=O)Cc1csc(-c2cccs2)n1)c1cc(F)ccc1F. The van der Waals surface area contributed by atoms with E-state index >= 15 is 0 Å². The number of carbonyl (C=O) groups is 1. The Bertz CT molecular complexity index is 846. The molecule has 2 aromatic heterocycles. The van der Waals surface area contributed by atoms with Crippen LogP contribution in [-0.2, 0) is 16.0 Å². The molecule has 7 heteroatoms. The molecule has 0 fully saturated rings. The van der Waals surface area contributed by atoms with Crippen molar-refractivity contribution in [2.45, 2.75) is 19.4 Å². The predicted molar refractivity (Wildman–Crippen MR) is 90.0 cm³/mol. The first-order valence-electron chi connectivity index (χ1n) is 7.15. The van der Waals surface area contributed by atoms with Gasteiger partial charge in [-0.1, -0.05) is 6.07 Å². The summed E-state index contributed by atoms with van der Waals surface area (Å²) in [5, 5.41) is 4.60. The third-order valence-electron chi connectivity index (χ3n) is 3.31. The van der Waals surface area contributed by atoms with Gasteiger partial charge in [0.25, 0.3) is 0 Å². The number of hydrogen-bond acceptors (Lipinski definition) is 5. The Balaban J connectivity index is 1.64. The van der Waals surface area contributed by atoms with Crippen LogP contribution < -0.4 is 0 Å². The van der Waals surface area contributed by atoms with Crippen molar-refractivity contribution in [3.63, 3.8) is 0 Å². The van der Waals surface area contributed by atoms with Gasteiger partial charge in [-0.05, 0) is 36.6 Å². The maximum atomic E-state index is 13.7. The lowest BCUT2D eigenvalue weighted by atomic mass is 10.1. The first-order chi connectivity index (χ1) is 11.5. The summed E-state index contributed by atoms with van der Waals surface area (Å²) in [7, 11) is 0. The van der Waals surface area contributed by atoms with E-state index in [4.69, 9.17) is 4.74 Å². The van der Waals surface area contributed by atoms with Crippen LogP contribution in [0.15, 0.2) is 41.1 Å². The minimum Gasteiger partial charge on any atom is -0.457 e. The summed E-state index contributed by atoms with van der Waals surface area (Å²) >= 11 is 3.02. The average Bonchev–Trinajstić information content (AvgIpc) is 3.20. The zero-order chi connectivity index (χ0) is 17.1. The molecule has 1 unspecified atom stereocenters. The minimum atomic E-state index is -0.872. The highest BCUT2D eigenvalue weighted by molar-refractivity contribution is 7.20. The fourth-order valence-electron chi connectivity index (χ4n) is 2.18. The van der Waals surface area contributed by atoms with Crippen molar-refractivity contribution in [3.8, 4) is 9.88 Å². The molecule has 3 aromatic rings. The molecule has 3 rings (SSSR count). The van der Waals surface area contributed by atoms with Crippen molar-refractivity contribution >= 4 is 28.6 Å². The molecule has 3 nitrogen and oxygen atoms in total. The van der Waals surface area contributed by atoms with E-state index in [1.54, 1.807) is 16.7 Å². The molecule has 0 bridgehead atoms. The Kier molecular flexibility index (Phi) is 5.01. The molecule has 2 heterocycles. The smallest absolute Gasteiger partial charge is 0.312 e. The van der Waals surface area contributed by atoms with Gasteiger partial charge >= 0.3 is 5.97 Å². The van der Waals surface area contributed by atoms with Crippen molar-refractivity contribution < 1.29 is 18.3 Å². The number of ether oxygens (including phenoxy) is 1. The number of halogens is 2. The number of esters is 1. The average molecular weight is 365 g/mol. The number of rotatable bonds is 5. The maximum Gasteiger partial charge on any atom is 0.312 e. The van der Waals surface area contributed by atoms with Crippen molar-refractivity contribution in [3.05, 3.63) is 64.0 Å². The molecule has 1 atom stereocenters. The summed E-state index contributed by atoms with van der Waals surface area (Å²) in [5.41, 5.74) is 0.612. The van der Waals surface area contributed by atoms with Gasteiger partial charge in [-0.2, -0.15) is 0 Å². The van der Waals surface area contributed by atoms with E-state index < -0.39 is 23.7 Å². The van der Waals surface area contributed by atoms with Gasteiger partial charge in [-0.15, -0.1) is 22.7 Å². The van der Waals surface area contributed by atoms with E-state index in [0.29, 0.717) is 5.69 Å². The van der Waals surface area contributed by atoms with Crippen LogP contribution in [-0.4, -0.2) is 11.0 Å². The van der Waals surface area contributed by atoms with Gasteiger partial charge in [0.05, 0.1) is 17.0 Å². The number of carbonyl (C=O) groups excluding carboxylic acids is 1. The fraction of sp³-hybridized carbons (Fsp3) is 0.176. The minimum absolute atomic E-state index is 0.0108. The third kappa shape index (κ3) is 3.85. The summed E-state index contributed by atoms with van der Waals surface area (Å²) in [6.07, 6.45) is -0.882. The van der Waals surface area contributed by atoms with Gasteiger partial charge in [0, 0.05) is 10.9 Å². The van der Waals surface area contributed by atoms with Crippen LogP contribution in [0.2, 0.25) is 0 Å². The van der Waals surface area contributed by atoms with Crippen LogP contribution in [0.5, 0.6) is 0 Å².